The first-order chi connectivity index (χ1) is 9.15. The molecule has 0 aromatic heterocycles. The van der Waals surface area contributed by atoms with Gasteiger partial charge in [0.05, 0.1) is 5.54 Å². The van der Waals surface area contributed by atoms with Crippen LogP contribution in [0.1, 0.15) is 18.1 Å². The molecule has 19 heavy (non-hydrogen) atoms. The highest BCUT2D eigenvalue weighted by Gasteiger charge is 2.24. The Bertz CT molecular complexity index is 527. The van der Waals surface area contributed by atoms with E-state index in [0.29, 0.717) is 12.4 Å². The van der Waals surface area contributed by atoms with Gasteiger partial charge in [-0.25, -0.2) is 0 Å². The third-order valence-corrected chi connectivity index (χ3v) is 4.21. The van der Waals surface area contributed by atoms with Gasteiger partial charge in [0.2, 0.25) is 0 Å². The van der Waals surface area contributed by atoms with Crippen LogP contribution in [0, 0.1) is 0 Å². The van der Waals surface area contributed by atoms with E-state index in [1.807, 2.05) is 42.5 Å². The first kappa shape index (κ1) is 14.4. The van der Waals surface area contributed by atoms with Crippen molar-refractivity contribution < 1.29 is 0 Å². The van der Waals surface area contributed by atoms with Gasteiger partial charge < -0.3 is 5.32 Å². The predicted molar refractivity (Wildman–Crippen MR) is 82.8 cm³/mol. The van der Waals surface area contributed by atoms with E-state index in [2.05, 4.69) is 24.4 Å². The van der Waals surface area contributed by atoms with Crippen LogP contribution in [0.25, 0.3) is 0 Å². The standard InChI is InChI=1S/C16H17Cl2N/c1-16(12-17,14-8-3-2-4-9-14)19-11-13-7-5-6-10-15(13)18/h2-10,19H,11-12H2,1H3. The smallest absolute Gasteiger partial charge is 0.0545 e. The zero-order valence-electron chi connectivity index (χ0n) is 10.9. The summed E-state index contributed by atoms with van der Waals surface area (Å²) in [6.07, 6.45) is 0. The second-order valence-corrected chi connectivity index (χ2v) is 5.45. The van der Waals surface area contributed by atoms with Crippen molar-refractivity contribution >= 4 is 23.2 Å². The van der Waals surface area contributed by atoms with Crippen LogP contribution >= 0.6 is 23.2 Å². The zero-order chi connectivity index (χ0) is 13.7. The van der Waals surface area contributed by atoms with Crippen LogP contribution in [-0.4, -0.2) is 5.88 Å². The van der Waals surface area contributed by atoms with Crippen LogP contribution in [0.2, 0.25) is 5.02 Å². The zero-order valence-corrected chi connectivity index (χ0v) is 12.4. The summed E-state index contributed by atoms with van der Waals surface area (Å²) in [7, 11) is 0. The topological polar surface area (TPSA) is 12.0 Å². The van der Waals surface area contributed by atoms with Gasteiger partial charge in [0.1, 0.15) is 0 Å². The minimum atomic E-state index is -0.262. The maximum atomic E-state index is 6.17. The van der Waals surface area contributed by atoms with Crippen molar-refractivity contribution in [3.63, 3.8) is 0 Å². The number of hydrogen-bond acceptors (Lipinski definition) is 1. The van der Waals surface area contributed by atoms with Gasteiger partial charge in [-0.2, -0.15) is 0 Å². The third-order valence-electron chi connectivity index (χ3n) is 3.31. The largest absolute Gasteiger partial charge is 0.302 e. The van der Waals surface area contributed by atoms with Crippen LogP contribution in [0.15, 0.2) is 54.6 Å². The molecule has 1 unspecified atom stereocenters. The Labute approximate surface area is 124 Å². The molecule has 0 fully saturated rings. The number of alkyl halides is 1. The molecular formula is C16H17Cl2N. The number of nitrogens with one attached hydrogen (secondary N) is 1. The highest BCUT2D eigenvalue weighted by Crippen LogP contribution is 2.24. The van der Waals surface area contributed by atoms with Gasteiger partial charge in [0.25, 0.3) is 0 Å². The number of halogens is 2. The normalized spacial score (nSPS) is 14.1. The molecule has 0 aliphatic rings. The predicted octanol–water partition coefficient (Wildman–Crippen LogP) is 4.58. The summed E-state index contributed by atoms with van der Waals surface area (Å²) in [5.41, 5.74) is 2.00. The molecular weight excluding hydrogens is 277 g/mol. The molecule has 0 bridgehead atoms. The van der Waals surface area contributed by atoms with Gasteiger partial charge in [-0.05, 0) is 24.1 Å². The first-order valence-electron chi connectivity index (χ1n) is 6.25. The Morgan fingerprint density at radius 2 is 1.63 bits per heavy atom. The molecule has 0 spiro atoms. The molecule has 0 aliphatic heterocycles. The summed E-state index contributed by atoms with van der Waals surface area (Å²) in [5, 5.41) is 4.28. The summed E-state index contributed by atoms with van der Waals surface area (Å²) in [6, 6.07) is 18.1. The maximum absolute atomic E-state index is 6.17. The van der Waals surface area contributed by atoms with Crippen LogP contribution in [-0.2, 0) is 12.1 Å². The van der Waals surface area contributed by atoms with Crippen LogP contribution in [0.3, 0.4) is 0 Å². The first-order valence-corrected chi connectivity index (χ1v) is 7.17. The Morgan fingerprint density at radius 3 is 2.26 bits per heavy atom. The average Bonchev–Trinajstić information content (AvgIpc) is 2.47. The van der Waals surface area contributed by atoms with E-state index < -0.39 is 0 Å². The van der Waals surface area contributed by atoms with Crippen LogP contribution in [0.5, 0.6) is 0 Å². The summed E-state index contributed by atoms with van der Waals surface area (Å²) in [6.45, 7) is 2.80. The van der Waals surface area contributed by atoms with E-state index in [1.165, 1.54) is 5.56 Å². The number of hydrogen-bond donors (Lipinski definition) is 1. The molecule has 0 radical (unpaired) electrons. The van der Waals surface area contributed by atoms with Gasteiger partial charge in [0, 0.05) is 17.4 Å². The van der Waals surface area contributed by atoms with Crippen molar-refractivity contribution in [1.29, 1.82) is 0 Å². The van der Waals surface area contributed by atoms with Crippen molar-refractivity contribution in [3.05, 3.63) is 70.7 Å². The molecule has 0 amide bonds. The molecule has 2 aromatic carbocycles. The van der Waals surface area contributed by atoms with Gasteiger partial charge >= 0.3 is 0 Å². The minimum Gasteiger partial charge on any atom is -0.302 e. The van der Waals surface area contributed by atoms with Gasteiger partial charge in [-0.15, -0.1) is 11.6 Å². The molecule has 1 atom stereocenters. The Balaban J connectivity index is 2.14. The summed E-state index contributed by atoms with van der Waals surface area (Å²) in [4.78, 5) is 0. The van der Waals surface area contributed by atoms with E-state index in [4.69, 9.17) is 23.2 Å². The Kier molecular flexibility index (Phi) is 4.87. The second-order valence-electron chi connectivity index (χ2n) is 4.78. The van der Waals surface area contributed by atoms with E-state index in [9.17, 15) is 0 Å². The lowest BCUT2D eigenvalue weighted by Gasteiger charge is -2.29. The summed E-state index contributed by atoms with van der Waals surface area (Å²) < 4.78 is 0. The molecule has 0 saturated carbocycles. The van der Waals surface area contributed by atoms with Crippen molar-refractivity contribution in [1.82, 2.24) is 5.32 Å². The fourth-order valence-electron chi connectivity index (χ4n) is 1.96. The average molecular weight is 294 g/mol. The van der Waals surface area contributed by atoms with Crippen LogP contribution in [0.4, 0.5) is 0 Å². The Morgan fingerprint density at radius 1 is 1.00 bits per heavy atom. The van der Waals surface area contributed by atoms with Crippen molar-refractivity contribution in [2.75, 3.05) is 5.88 Å². The monoisotopic (exact) mass is 293 g/mol. The second kappa shape index (κ2) is 6.42. The lowest BCUT2D eigenvalue weighted by atomic mass is 9.94. The summed E-state index contributed by atoms with van der Waals surface area (Å²) in [5.74, 6) is 0.501. The summed E-state index contributed by atoms with van der Waals surface area (Å²) >= 11 is 12.3. The third kappa shape index (κ3) is 3.50. The van der Waals surface area contributed by atoms with Gasteiger partial charge in [0.15, 0.2) is 0 Å². The molecule has 100 valence electrons. The van der Waals surface area contributed by atoms with E-state index >= 15 is 0 Å². The Hall–Kier alpha value is -1.02. The SMILES string of the molecule is CC(CCl)(NCc1ccccc1Cl)c1ccccc1. The highest BCUT2D eigenvalue weighted by atomic mass is 35.5. The fourth-order valence-corrected chi connectivity index (χ4v) is 2.42. The van der Waals surface area contributed by atoms with Gasteiger partial charge in [-0.3, -0.25) is 0 Å². The number of benzene rings is 2. The molecule has 0 aliphatic carbocycles. The maximum Gasteiger partial charge on any atom is 0.0545 e. The highest BCUT2D eigenvalue weighted by molar-refractivity contribution is 6.31. The number of rotatable bonds is 5. The van der Waals surface area contributed by atoms with E-state index in [0.717, 1.165) is 10.6 Å². The van der Waals surface area contributed by atoms with Crippen molar-refractivity contribution in [2.45, 2.75) is 19.0 Å². The quantitative estimate of drug-likeness (QED) is 0.796. The molecule has 2 aromatic rings. The molecule has 0 heterocycles. The molecule has 3 heteroatoms. The lowest BCUT2D eigenvalue weighted by Crippen LogP contribution is -2.40. The lowest BCUT2D eigenvalue weighted by molar-refractivity contribution is 0.407. The fraction of sp³-hybridized carbons (Fsp3) is 0.250. The van der Waals surface area contributed by atoms with Crippen LogP contribution < -0.4 is 5.32 Å². The molecule has 1 N–H and O–H groups in total. The van der Waals surface area contributed by atoms with Gasteiger partial charge in [-0.1, -0.05) is 60.1 Å². The van der Waals surface area contributed by atoms with E-state index in [-0.39, 0.29) is 5.54 Å². The van der Waals surface area contributed by atoms with Crippen molar-refractivity contribution in [3.8, 4) is 0 Å². The molecule has 1 nitrogen and oxygen atoms in total. The van der Waals surface area contributed by atoms with E-state index in [1.54, 1.807) is 0 Å². The van der Waals surface area contributed by atoms with Crippen molar-refractivity contribution in [2.24, 2.45) is 0 Å². The minimum absolute atomic E-state index is 0.262. The molecule has 2 rings (SSSR count). The molecule has 0 saturated heterocycles.